The van der Waals surface area contributed by atoms with Crippen LogP contribution in [0.15, 0.2) is 29.3 Å². The summed E-state index contributed by atoms with van der Waals surface area (Å²) in [5, 5.41) is 9.46. The molecule has 0 bridgehead atoms. The zero-order chi connectivity index (χ0) is 22.1. The summed E-state index contributed by atoms with van der Waals surface area (Å²) < 4.78 is 5.38. The van der Waals surface area contributed by atoms with Crippen molar-refractivity contribution in [3.8, 4) is 0 Å². The van der Waals surface area contributed by atoms with Crippen molar-refractivity contribution >= 4 is 18.0 Å². The second-order valence-electron chi connectivity index (χ2n) is 8.38. The zero-order valence-corrected chi connectivity index (χ0v) is 18.7. The minimum atomic E-state index is -0.492. The van der Waals surface area contributed by atoms with Gasteiger partial charge in [0, 0.05) is 31.7 Å². The largest absolute Gasteiger partial charge is 0.444 e. The molecular weight excluding hydrogens is 382 g/mol. The van der Waals surface area contributed by atoms with Crippen LogP contribution < -0.4 is 16.0 Å². The van der Waals surface area contributed by atoms with E-state index in [-0.39, 0.29) is 18.0 Å². The molecule has 0 aromatic heterocycles. The first-order valence-electron chi connectivity index (χ1n) is 10.6. The van der Waals surface area contributed by atoms with Crippen molar-refractivity contribution in [3.05, 3.63) is 35.4 Å². The highest BCUT2D eigenvalue weighted by Gasteiger charge is 2.34. The van der Waals surface area contributed by atoms with Crippen molar-refractivity contribution in [3.63, 3.8) is 0 Å². The van der Waals surface area contributed by atoms with E-state index >= 15 is 0 Å². The molecule has 0 radical (unpaired) electrons. The summed E-state index contributed by atoms with van der Waals surface area (Å²) in [6.07, 6.45) is 0.612. The first kappa shape index (κ1) is 23.5. The van der Waals surface area contributed by atoms with Gasteiger partial charge in [-0.3, -0.25) is 4.79 Å². The molecule has 1 aliphatic heterocycles. The molecular formula is C22H35N5O3. The third-order valence-corrected chi connectivity index (χ3v) is 4.36. The summed E-state index contributed by atoms with van der Waals surface area (Å²) in [7, 11) is 0. The fourth-order valence-corrected chi connectivity index (χ4v) is 2.88. The minimum absolute atomic E-state index is 0.0654. The summed E-state index contributed by atoms with van der Waals surface area (Å²) >= 11 is 0. The highest BCUT2D eigenvalue weighted by atomic mass is 16.6. The van der Waals surface area contributed by atoms with Crippen LogP contribution in [0, 0.1) is 0 Å². The Morgan fingerprint density at radius 3 is 2.57 bits per heavy atom. The lowest BCUT2D eigenvalue weighted by Crippen LogP contribution is -2.63. The molecule has 1 aromatic rings. The van der Waals surface area contributed by atoms with Crippen molar-refractivity contribution in [2.45, 2.75) is 59.2 Å². The number of hydrogen-bond donors (Lipinski definition) is 3. The van der Waals surface area contributed by atoms with Crippen molar-refractivity contribution < 1.29 is 14.3 Å². The van der Waals surface area contributed by atoms with Gasteiger partial charge in [-0.2, -0.15) is 0 Å². The Morgan fingerprint density at radius 2 is 1.93 bits per heavy atom. The number of carbonyl (C=O) groups is 2. The van der Waals surface area contributed by atoms with Crippen LogP contribution in [0.25, 0.3) is 0 Å². The van der Waals surface area contributed by atoms with Crippen molar-refractivity contribution in [2.75, 3.05) is 26.2 Å². The fourth-order valence-electron chi connectivity index (χ4n) is 2.88. The van der Waals surface area contributed by atoms with E-state index in [1.165, 1.54) is 0 Å². The number of nitrogens with zero attached hydrogens (tertiary/aromatic N) is 2. The van der Waals surface area contributed by atoms with Crippen LogP contribution in [0.4, 0.5) is 4.79 Å². The van der Waals surface area contributed by atoms with E-state index in [4.69, 9.17) is 4.74 Å². The Hall–Kier alpha value is -2.77. The summed E-state index contributed by atoms with van der Waals surface area (Å²) in [5.74, 6) is 0.622. The SMILES string of the molecule is CCCNC(=O)c1cccc(CN=C(NCC)NC2CN(C(=O)OC(C)(C)C)C2)c1. The van der Waals surface area contributed by atoms with Crippen LogP contribution in [0.5, 0.6) is 0 Å². The molecule has 2 rings (SSSR count). The monoisotopic (exact) mass is 417 g/mol. The predicted molar refractivity (Wildman–Crippen MR) is 119 cm³/mol. The van der Waals surface area contributed by atoms with Gasteiger partial charge in [-0.05, 0) is 51.8 Å². The number of benzene rings is 1. The molecule has 3 N–H and O–H groups in total. The lowest BCUT2D eigenvalue weighted by molar-refractivity contribution is 0.00700. The molecule has 1 fully saturated rings. The number of nitrogens with one attached hydrogen (secondary N) is 3. The van der Waals surface area contributed by atoms with Crippen molar-refractivity contribution in [1.29, 1.82) is 0 Å². The van der Waals surface area contributed by atoms with Crippen molar-refractivity contribution in [1.82, 2.24) is 20.9 Å². The molecule has 0 atom stereocenters. The second kappa shape index (κ2) is 10.8. The average Bonchev–Trinajstić information content (AvgIpc) is 2.65. The Morgan fingerprint density at radius 1 is 1.20 bits per heavy atom. The van der Waals surface area contributed by atoms with E-state index in [1.54, 1.807) is 11.0 Å². The van der Waals surface area contributed by atoms with E-state index in [9.17, 15) is 9.59 Å². The number of guanidine groups is 1. The van der Waals surface area contributed by atoms with Crippen LogP contribution in [-0.2, 0) is 11.3 Å². The lowest BCUT2D eigenvalue weighted by Gasteiger charge is -2.40. The van der Waals surface area contributed by atoms with E-state index in [2.05, 4.69) is 20.9 Å². The molecule has 0 aliphatic carbocycles. The lowest BCUT2D eigenvalue weighted by atomic mass is 10.1. The maximum absolute atomic E-state index is 12.1. The second-order valence-corrected chi connectivity index (χ2v) is 8.38. The average molecular weight is 418 g/mol. The number of likely N-dealkylation sites (tertiary alicyclic amines) is 1. The van der Waals surface area contributed by atoms with Crippen molar-refractivity contribution in [2.24, 2.45) is 4.99 Å². The van der Waals surface area contributed by atoms with Crippen LogP contribution in [0.3, 0.4) is 0 Å². The molecule has 30 heavy (non-hydrogen) atoms. The standard InChI is InChI=1S/C22H35N5O3/c1-6-11-24-19(28)17-10-8-9-16(12-17)13-25-20(23-7-2)26-18-14-27(15-18)21(29)30-22(3,4)5/h8-10,12,18H,6-7,11,13-15H2,1-5H3,(H,24,28)(H2,23,25,26). The van der Waals surface area contributed by atoms with E-state index in [1.807, 2.05) is 52.8 Å². The maximum atomic E-state index is 12.1. The van der Waals surface area contributed by atoms with E-state index < -0.39 is 5.60 Å². The smallest absolute Gasteiger partial charge is 0.410 e. The number of amides is 2. The number of aliphatic imine (C=N–C) groups is 1. The number of carbonyl (C=O) groups excluding carboxylic acids is 2. The molecule has 0 saturated carbocycles. The Balaban J connectivity index is 1.90. The highest BCUT2D eigenvalue weighted by Crippen LogP contribution is 2.15. The molecule has 2 amide bonds. The molecule has 166 valence electrons. The third kappa shape index (κ3) is 7.57. The van der Waals surface area contributed by atoms with Crippen LogP contribution in [0.2, 0.25) is 0 Å². The Bertz CT molecular complexity index is 751. The molecule has 8 heteroatoms. The van der Waals surface area contributed by atoms with Crippen LogP contribution in [-0.4, -0.2) is 60.7 Å². The predicted octanol–water partition coefficient (Wildman–Crippen LogP) is 2.50. The van der Waals surface area contributed by atoms with Gasteiger partial charge in [0.05, 0.1) is 12.6 Å². The summed E-state index contributed by atoms with van der Waals surface area (Å²) in [4.78, 5) is 30.5. The molecule has 1 aromatic carbocycles. The molecule has 0 spiro atoms. The van der Waals surface area contributed by atoms with Gasteiger partial charge < -0.3 is 25.6 Å². The zero-order valence-electron chi connectivity index (χ0n) is 18.7. The molecule has 0 unspecified atom stereocenters. The van der Waals surface area contributed by atoms with Gasteiger partial charge in [-0.15, -0.1) is 0 Å². The summed E-state index contributed by atoms with van der Waals surface area (Å²) in [6, 6.07) is 7.63. The first-order valence-corrected chi connectivity index (χ1v) is 10.6. The minimum Gasteiger partial charge on any atom is -0.444 e. The summed E-state index contributed by atoms with van der Waals surface area (Å²) in [5.41, 5.74) is 1.11. The quantitative estimate of drug-likeness (QED) is 0.468. The normalized spacial score (nSPS) is 14.7. The Labute approximate surface area is 179 Å². The van der Waals surface area contributed by atoms with Gasteiger partial charge in [0.2, 0.25) is 0 Å². The Kier molecular flexibility index (Phi) is 8.50. The van der Waals surface area contributed by atoms with Gasteiger partial charge in [-0.25, -0.2) is 9.79 Å². The van der Waals surface area contributed by atoms with Gasteiger partial charge in [0.1, 0.15) is 5.60 Å². The van der Waals surface area contributed by atoms with E-state index in [0.717, 1.165) is 18.5 Å². The highest BCUT2D eigenvalue weighted by molar-refractivity contribution is 5.94. The van der Waals surface area contributed by atoms with Gasteiger partial charge in [0.15, 0.2) is 5.96 Å². The summed E-state index contributed by atoms with van der Waals surface area (Å²) in [6.45, 7) is 12.6. The molecule has 1 saturated heterocycles. The number of ether oxygens (including phenoxy) is 1. The van der Waals surface area contributed by atoms with Gasteiger partial charge in [-0.1, -0.05) is 19.1 Å². The van der Waals surface area contributed by atoms with Crippen LogP contribution in [0.1, 0.15) is 57.0 Å². The molecule has 1 heterocycles. The third-order valence-electron chi connectivity index (χ3n) is 4.36. The molecule has 1 aliphatic rings. The first-order chi connectivity index (χ1) is 14.2. The number of rotatable bonds is 7. The fraction of sp³-hybridized carbons (Fsp3) is 0.591. The van der Waals surface area contributed by atoms with Gasteiger partial charge >= 0.3 is 6.09 Å². The van der Waals surface area contributed by atoms with E-state index in [0.29, 0.717) is 37.7 Å². The topological polar surface area (TPSA) is 95.1 Å². The maximum Gasteiger partial charge on any atom is 0.410 e. The number of hydrogen-bond acceptors (Lipinski definition) is 4. The van der Waals surface area contributed by atoms with Crippen LogP contribution >= 0.6 is 0 Å². The van der Waals surface area contributed by atoms with Gasteiger partial charge in [0.25, 0.3) is 5.91 Å². The molecule has 8 nitrogen and oxygen atoms in total.